The van der Waals surface area contributed by atoms with Crippen LogP contribution >= 0.6 is 0 Å². The zero-order chi connectivity index (χ0) is 32.9. The molecule has 0 saturated heterocycles. The lowest BCUT2D eigenvalue weighted by Gasteiger charge is -2.14. The standard InChI is InChI=1S/C36H33N9O3/c1-3-4-7-25-21-33(45(44-25)26-11-13-27(47-2)14-12-26)41-36(46)40-31-16-17-32(29-9-6-5-8-28(29)31)48-34-18-19-37-35(42-34)39-24-10-15-30-23(20-24)22-38-43-30/h5-6,8-22H,3-4,7H2,1-2H3,(H,38,43)(H,37,39,42)(H2,40,41,46). The maximum atomic E-state index is 13.4. The molecule has 0 saturated carbocycles. The minimum Gasteiger partial charge on any atom is -0.497 e. The van der Waals surface area contributed by atoms with E-state index in [0.717, 1.165) is 63.8 Å². The molecule has 3 heterocycles. The largest absolute Gasteiger partial charge is 0.497 e. The predicted octanol–water partition coefficient (Wildman–Crippen LogP) is 8.22. The van der Waals surface area contributed by atoms with E-state index in [9.17, 15) is 4.79 Å². The van der Waals surface area contributed by atoms with Crippen LogP contribution in [0.25, 0.3) is 27.4 Å². The van der Waals surface area contributed by atoms with Crippen LogP contribution in [0.5, 0.6) is 17.4 Å². The van der Waals surface area contributed by atoms with Gasteiger partial charge in [0.25, 0.3) is 0 Å². The second-order valence-corrected chi connectivity index (χ2v) is 11.1. The van der Waals surface area contributed by atoms with E-state index < -0.39 is 6.03 Å². The van der Waals surface area contributed by atoms with Gasteiger partial charge in [0.05, 0.1) is 35.9 Å². The number of anilines is 4. The Morgan fingerprint density at radius 1 is 0.938 bits per heavy atom. The van der Waals surface area contributed by atoms with E-state index in [0.29, 0.717) is 29.1 Å². The number of rotatable bonds is 11. The fourth-order valence-corrected chi connectivity index (χ4v) is 5.38. The summed E-state index contributed by atoms with van der Waals surface area (Å²) in [5.74, 6) is 2.64. The quantitative estimate of drug-likeness (QED) is 0.111. The monoisotopic (exact) mass is 639 g/mol. The van der Waals surface area contributed by atoms with Crippen molar-refractivity contribution < 1.29 is 14.3 Å². The molecular formula is C36H33N9O3. The average Bonchev–Trinajstić information content (AvgIpc) is 3.75. The molecule has 0 aliphatic carbocycles. The molecule has 12 nitrogen and oxygen atoms in total. The summed E-state index contributed by atoms with van der Waals surface area (Å²) in [5.41, 5.74) is 4.10. The van der Waals surface area contributed by atoms with Gasteiger partial charge in [0, 0.05) is 40.2 Å². The molecule has 7 rings (SSSR count). The van der Waals surface area contributed by atoms with E-state index in [1.54, 1.807) is 30.3 Å². The lowest BCUT2D eigenvalue weighted by atomic mass is 10.1. The first kappa shape index (κ1) is 30.2. The molecule has 2 amide bonds. The summed E-state index contributed by atoms with van der Waals surface area (Å²) in [5, 5.41) is 23.6. The minimum absolute atomic E-state index is 0.367. The number of nitrogens with one attached hydrogen (secondary N) is 4. The molecule has 0 fully saturated rings. The Morgan fingerprint density at radius 3 is 2.62 bits per heavy atom. The number of aromatic nitrogens is 6. The van der Waals surface area contributed by atoms with Crippen molar-refractivity contribution in [3.05, 3.63) is 109 Å². The molecule has 0 unspecified atom stereocenters. The summed E-state index contributed by atoms with van der Waals surface area (Å²) in [6.45, 7) is 2.14. The molecule has 0 radical (unpaired) electrons. The minimum atomic E-state index is -0.398. The Balaban J connectivity index is 1.09. The van der Waals surface area contributed by atoms with Gasteiger partial charge in [0.2, 0.25) is 11.8 Å². The van der Waals surface area contributed by atoms with Crippen molar-refractivity contribution in [3.63, 3.8) is 0 Å². The highest BCUT2D eigenvalue weighted by molar-refractivity contribution is 6.07. The first-order valence-electron chi connectivity index (χ1n) is 15.6. The van der Waals surface area contributed by atoms with Gasteiger partial charge in [-0.1, -0.05) is 37.6 Å². The zero-order valence-corrected chi connectivity index (χ0v) is 26.4. The third-order valence-corrected chi connectivity index (χ3v) is 7.78. The number of hydrogen-bond acceptors (Lipinski definition) is 8. The van der Waals surface area contributed by atoms with Crippen molar-refractivity contribution in [2.75, 3.05) is 23.1 Å². The van der Waals surface area contributed by atoms with Crippen molar-refractivity contribution in [1.29, 1.82) is 0 Å². The van der Waals surface area contributed by atoms with Crippen molar-refractivity contribution >= 4 is 50.8 Å². The number of aryl methyl sites for hydroxylation is 1. The van der Waals surface area contributed by atoms with Gasteiger partial charge in [-0.3, -0.25) is 10.4 Å². The number of nitrogens with zero attached hydrogens (tertiary/aromatic N) is 5. The Kier molecular flexibility index (Phi) is 8.51. The predicted molar refractivity (Wildman–Crippen MR) is 187 cm³/mol. The molecule has 0 bridgehead atoms. The van der Waals surface area contributed by atoms with Crippen LogP contribution in [0.2, 0.25) is 0 Å². The fourth-order valence-electron chi connectivity index (χ4n) is 5.38. The molecule has 4 aromatic carbocycles. The number of aromatic amines is 1. The number of H-pyrrole nitrogens is 1. The van der Waals surface area contributed by atoms with Gasteiger partial charge >= 0.3 is 6.03 Å². The maximum Gasteiger partial charge on any atom is 0.324 e. The fraction of sp³-hybridized carbons (Fsp3) is 0.139. The number of urea groups is 1. The van der Waals surface area contributed by atoms with Crippen LogP contribution < -0.4 is 25.4 Å². The molecule has 0 aliphatic rings. The molecule has 0 spiro atoms. The summed E-state index contributed by atoms with van der Waals surface area (Å²) in [6, 6.07) is 27.9. The zero-order valence-electron chi connectivity index (χ0n) is 26.4. The smallest absolute Gasteiger partial charge is 0.324 e. The number of amides is 2. The molecule has 12 heteroatoms. The van der Waals surface area contributed by atoms with Crippen molar-refractivity contribution in [2.45, 2.75) is 26.2 Å². The first-order valence-corrected chi connectivity index (χ1v) is 15.6. The van der Waals surface area contributed by atoms with Crippen molar-refractivity contribution in [1.82, 2.24) is 29.9 Å². The number of methoxy groups -OCH3 is 1. The molecule has 0 aliphatic heterocycles. The Hall–Kier alpha value is -6.43. The van der Waals surface area contributed by atoms with E-state index in [1.165, 1.54) is 0 Å². The van der Waals surface area contributed by atoms with Crippen LogP contribution in [-0.4, -0.2) is 43.1 Å². The molecule has 240 valence electrons. The third-order valence-electron chi connectivity index (χ3n) is 7.78. The number of carbonyl (C=O) groups is 1. The number of benzene rings is 4. The normalized spacial score (nSPS) is 11.0. The Bertz CT molecular complexity index is 2210. The number of fused-ring (bicyclic) bond motifs is 2. The van der Waals surface area contributed by atoms with Crippen LogP contribution in [0, 0.1) is 0 Å². The van der Waals surface area contributed by atoms with Gasteiger partial charge in [-0.25, -0.2) is 14.5 Å². The van der Waals surface area contributed by atoms with Gasteiger partial charge in [-0.15, -0.1) is 0 Å². The van der Waals surface area contributed by atoms with E-state index in [1.807, 2.05) is 84.9 Å². The van der Waals surface area contributed by atoms with Crippen LogP contribution in [0.4, 0.5) is 27.9 Å². The lowest BCUT2D eigenvalue weighted by molar-refractivity contribution is 0.262. The van der Waals surface area contributed by atoms with Gasteiger partial charge in [-0.05, 0) is 67.4 Å². The summed E-state index contributed by atoms with van der Waals surface area (Å²) >= 11 is 0. The van der Waals surface area contributed by atoms with E-state index >= 15 is 0 Å². The first-order chi connectivity index (χ1) is 23.6. The molecule has 0 atom stereocenters. The highest BCUT2D eigenvalue weighted by Crippen LogP contribution is 2.34. The SMILES string of the molecule is CCCCc1cc(NC(=O)Nc2ccc(Oc3ccnc(Nc4ccc5[nH]ncc5c4)n3)c3ccccc23)n(-c2ccc(OC)cc2)n1. The molecule has 7 aromatic rings. The van der Waals surface area contributed by atoms with Gasteiger partial charge < -0.3 is 20.1 Å². The summed E-state index contributed by atoms with van der Waals surface area (Å²) in [4.78, 5) is 22.3. The summed E-state index contributed by atoms with van der Waals surface area (Å²) < 4.78 is 13.3. The maximum absolute atomic E-state index is 13.4. The second-order valence-electron chi connectivity index (χ2n) is 11.1. The number of hydrogen-bond donors (Lipinski definition) is 4. The van der Waals surface area contributed by atoms with E-state index in [4.69, 9.17) is 14.6 Å². The van der Waals surface area contributed by atoms with E-state index in [2.05, 4.69) is 43.0 Å². The van der Waals surface area contributed by atoms with Crippen LogP contribution in [0.1, 0.15) is 25.5 Å². The Morgan fingerprint density at radius 2 is 1.79 bits per heavy atom. The summed E-state index contributed by atoms with van der Waals surface area (Å²) in [6.07, 6.45) is 6.25. The topological polar surface area (TPSA) is 144 Å². The molecule has 3 aromatic heterocycles. The highest BCUT2D eigenvalue weighted by atomic mass is 16.5. The van der Waals surface area contributed by atoms with Crippen LogP contribution in [0.15, 0.2) is 103 Å². The highest BCUT2D eigenvalue weighted by Gasteiger charge is 2.15. The van der Waals surface area contributed by atoms with Crippen LogP contribution in [-0.2, 0) is 6.42 Å². The van der Waals surface area contributed by atoms with Gasteiger partial charge in [-0.2, -0.15) is 15.2 Å². The van der Waals surface area contributed by atoms with Crippen molar-refractivity contribution in [3.8, 4) is 23.1 Å². The van der Waals surface area contributed by atoms with Crippen molar-refractivity contribution in [2.24, 2.45) is 0 Å². The van der Waals surface area contributed by atoms with E-state index in [-0.39, 0.29) is 0 Å². The van der Waals surface area contributed by atoms with Crippen LogP contribution in [0.3, 0.4) is 0 Å². The molecule has 48 heavy (non-hydrogen) atoms. The number of carbonyl (C=O) groups excluding carboxylic acids is 1. The summed E-state index contributed by atoms with van der Waals surface area (Å²) in [7, 11) is 1.63. The Labute approximate surface area is 276 Å². The molecule has 4 N–H and O–H groups in total. The lowest BCUT2D eigenvalue weighted by Crippen LogP contribution is -2.21. The average molecular weight is 640 g/mol. The van der Waals surface area contributed by atoms with Gasteiger partial charge in [0.15, 0.2) is 0 Å². The molecular weight excluding hydrogens is 606 g/mol. The second kappa shape index (κ2) is 13.5. The third kappa shape index (κ3) is 6.58. The number of unbranched alkanes of at least 4 members (excludes halogenated alkanes) is 1. The van der Waals surface area contributed by atoms with Gasteiger partial charge in [0.1, 0.15) is 17.3 Å². The number of ether oxygens (including phenoxy) is 2.